The number of nitrogens with zero attached hydrogens (tertiary/aromatic N) is 3. The monoisotopic (exact) mass is 516 g/mol. The van der Waals surface area contributed by atoms with Gasteiger partial charge in [-0.1, -0.05) is 18.2 Å². The Morgan fingerprint density at radius 3 is 2.53 bits per heavy atom. The Morgan fingerprint density at radius 1 is 0.895 bits per heavy atom. The molecule has 3 aromatic carbocycles. The molecule has 1 aliphatic heterocycles. The average Bonchev–Trinajstić information content (AvgIpc) is 3.44. The number of benzene rings is 3. The van der Waals surface area contributed by atoms with Gasteiger partial charge in [0.15, 0.2) is 0 Å². The van der Waals surface area contributed by atoms with Gasteiger partial charge in [-0.05, 0) is 59.7 Å². The maximum atomic E-state index is 5.93. The molecule has 8 nitrogen and oxygen atoms in total. The van der Waals surface area contributed by atoms with Gasteiger partial charge >= 0.3 is 0 Å². The van der Waals surface area contributed by atoms with Crippen molar-refractivity contribution in [3.63, 3.8) is 0 Å². The van der Waals surface area contributed by atoms with Crippen molar-refractivity contribution in [2.75, 3.05) is 64.7 Å². The largest absolute Gasteiger partial charge is 0.497 e. The van der Waals surface area contributed by atoms with Crippen LogP contribution in [0.2, 0.25) is 0 Å². The maximum absolute atomic E-state index is 5.93. The van der Waals surface area contributed by atoms with Crippen molar-refractivity contribution in [1.82, 2.24) is 14.9 Å². The summed E-state index contributed by atoms with van der Waals surface area (Å²) >= 11 is 0. The van der Waals surface area contributed by atoms with Crippen LogP contribution in [0, 0.1) is 0 Å². The highest BCUT2D eigenvalue weighted by atomic mass is 16.5. The number of nitrogens with one attached hydrogen (secondary N) is 1. The fraction of sp³-hybridized carbons (Fsp3) is 0.367. The lowest BCUT2D eigenvalue weighted by Crippen LogP contribution is -2.38. The molecule has 0 unspecified atom stereocenters. The molecule has 4 aromatic rings. The van der Waals surface area contributed by atoms with E-state index in [4.69, 9.17) is 18.9 Å². The van der Waals surface area contributed by atoms with Gasteiger partial charge in [0.25, 0.3) is 0 Å². The van der Waals surface area contributed by atoms with Crippen LogP contribution in [0.5, 0.6) is 11.5 Å². The SMILES string of the molecule is COc1cccc(CN(Cc2ccc3nc[nH]c3c2)c2ccc(OCCOCCN3CCOCC3)cc2)c1. The Labute approximate surface area is 224 Å². The summed E-state index contributed by atoms with van der Waals surface area (Å²) < 4.78 is 22.5. The van der Waals surface area contributed by atoms with Crippen LogP contribution < -0.4 is 14.4 Å². The lowest BCUT2D eigenvalue weighted by atomic mass is 10.1. The number of methoxy groups -OCH3 is 1. The average molecular weight is 517 g/mol. The highest BCUT2D eigenvalue weighted by Gasteiger charge is 2.12. The number of fused-ring (bicyclic) bond motifs is 1. The molecule has 0 saturated carbocycles. The minimum absolute atomic E-state index is 0.528. The molecule has 1 fully saturated rings. The molecule has 5 rings (SSSR count). The topological polar surface area (TPSA) is 72.1 Å². The first-order chi connectivity index (χ1) is 18.8. The van der Waals surface area contributed by atoms with E-state index < -0.39 is 0 Å². The zero-order chi connectivity index (χ0) is 26.0. The third kappa shape index (κ3) is 7.25. The van der Waals surface area contributed by atoms with Crippen molar-refractivity contribution in [3.05, 3.63) is 84.2 Å². The molecule has 0 atom stereocenters. The number of anilines is 1. The molecule has 0 spiro atoms. The number of rotatable bonds is 13. The molecule has 0 amide bonds. The van der Waals surface area contributed by atoms with E-state index in [-0.39, 0.29) is 0 Å². The molecule has 0 radical (unpaired) electrons. The van der Waals surface area contributed by atoms with Crippen molar-refractivity contribution in [1.29, 1.82) is 0 Å². The van der Waals surface area contributed by atoms with Gasteiger partial charge in [0.05, 0.1) is 50.9 Å². The second-order valence-corrected chi connectivity index (χ2v) is 9.37. The lowest BCUT2D eigenvalue weighted by Gasteiger charge is -2.26. The number of imidazole rings is 1. The number of hydrogen-bond donors (Lipinski definition) is 1. The van der Waals surface area contributed by atoms with Crippen molar-refractivity contribution in [2.24, 2.45) is 0 Å². The third-order valence-corrected chi connectivity index (χ3v) is 6.72. The predicted molar refractivity (Wildman–Crippen MR) is 149 cm³/mol. The number of hydrogen-bond acceptors (Lipinski definition) is 7. The lowest BCUT2D eigenvalue weighted by molar-refractivity contribution is 0.0170. The van der Waals surface area contributed by atoms with Gasteiger partial charge in [-0.25, -0.2) is 4.98 Å². The molecule has 1 aromatic heterocycles. The molecule has 2 heterocycles. The van der Waals surface area contributed by atoms with E-state index in [2.05, 4.69) is 62.2 Å². The van der Waals surface area contributed by atoms with Gasteiger partial charge in [-0.2, -0.15) is 0 Å². The minimum Gasteiger partial charge on any atom is -0.497 e. The van der Waals surface area contributed by atoms with Gasteiger partial charge in [0.2, 0.25) is 0 Å². The van der Waals surface area contributed by atoms with Crippen LogP contribution in [-0.2, 0) is 22.6 Å². The van der Waals surface area contributed by atoms with Gasteiger partial charge in [-0.15, -0.1) is 0 Å². The van der Waals surface area contributed by atoms with E-state index in [0.29, 0.717) is 19.8 Å². The normalized spacial score (nSPS) is 14.0. The van der Waals surface area contributed by atoms with Crippen LogP contribution in [0.4, 0.5) is 5.69 Å². The zero-order valence-electron chi connectivity index (χ0n) is 22.0. The van der Waals surface area contributed by atoms with Crippen LogP contribution in [0.25, 0.3) is 11.0 Å². The molecule has 38 heavy (non-hydrogen) atoms. The number of aromatic amines is 1. The first-order valence-electron chi connectivity index (χ1n) is 13.2. The molecule has 200 valence electrons. The second kappa shape index (κ2) is 13.3. The van der Waals surface area contributed by atoms with E-state index in [1.165, 1.54) is 11.1 Å². The van der Waals surface area contributed by atoms with Crippen LogP contribution in [-0.4, -0.2) is 74.6 Å². The summed E-state index contributed by atoms with van der Waals surface area (Å²) in [6.45, 7) is 7.85. The molecule has 0 aliphatic carbocycles. The number of ether oxygens (including phenoxy) is 4. The summed E-state index contributed by atoms with van der Waals surface area (Å²) in [5, 5.41) is 0. The molecule has 8 heteroatoms. The summed E-state index contributed by atoms with van der Waals surface area (Å²) in [6.07, 6.45) is 1.73. The van der Waals surface area contributed by atoms with E-state index in [9.17, 15) is 0 Å². The number of morpholine rings is 1. The van der Waals surface area contributed by atoms with Crippen LogP contribution in [0.1, 0.15) is 11.1 Å². The summed E-state index contributed by atoms with van der Waals surface area (Å²) in [7, 11) is 1.70. The highest BCUT2D eigenvalue weighted by Crippen LogP contribution is 2.25. The Morgan fingerprint density at radius 2 is 1.71 bits per heavy atom. The summed E-state index contributed by atoms with van der Waals surface area (Å²) in [4.78, 5) is 12.3. The summed E-state index contributed by atoms with van der Waals surface area (Å²) in [5.74, 6) is 1.70. The van der Waals surface area contributed by atoms with Gasteiger partial charge in [0, 0.05) is 38.4 Å². The minimum atomic E-state index is 0.528. The van der Waals surface area contributed by atoms with Crippen molar-refractivity contribution in [3.8, 4) is 11.5 Å². The summed E-state index contributed by atoms with van der Waals surface area (Å²) in [5.41, 5.74) is 5.52. The van der Waals surface area contributed by atoms with E-state index in [0.717, 1.165) is 74.2 Å². The molecule has 1 aliphatic rings. The first kappa shape index (κ1) is 26.0. The van der Waals surface area contributed by atoms with Crippen molar-refractivity contribution < 1.29 is 18.9 Å². The number of H-pyrrole nitrogens is 1. The summed E-state index contributed by atoms with van der Waals surface area (Å²) in [6, 6.07) is 22.9. The van der Waals surface area contributed by atoms with E-state index in [1.807, 2.05) is 24.3 Å². The second-order valence-electron chi connectivity index (χ2n) is 9.37. The predicted octanol–water partition coefficient (Wildman–Crippen LogP) is 4.51. The fourth-order valence-electron chi connectivity index (χ4n) is 4.62. The molecule has 0 bridgehead atoms. The Kier molecular flexibility index (Phi) is 9.10. The van der Waals surface area contributed by atoms with E-state index >= 15 is 0 Å². The molecule has 1 saturated heterocycles. The maximum Gasteiger partial charge on any atom is 0.119 e. The zero-order valence-corrected chi connectivity index (χ0v) is 22.0. The Bertz CT molecular complexity index is 1270. The smallest absolute Gasteiger partial charge is 0.119 e. The molecule has 1 N–H and O–H groups in total. The van der Waals surface area contributed by atoms with E-state index in [1.54, 1.807) is 13.4 Å². The van der Waals surface area contributed by atoms with Crippen LogP contribution >= 0.6 is 0 Å². The van der Waals surface area contributed by atoms with Gasteiger partial charge in [0.1, 0.15) is 18.1 Å². The van der Waals surface area contributed by atoms with Gasteiger partial charge < -0.3 is 28.8 Å². The van der Waals surface area contributed by atoms with Crippen molar-refractivity contribution >= 4 is 16.7 Å². The van der Waals surface area contributed by atoms with Gasteiger partial charge in [-0.3, -0.25) is 4.90 Å². The van der Waals surface area contributed by atoms with Crippen LogP contribution in [0.15, 0.2) is 73.1 Å². The Hall–Kier alpha value is -3.59. The van der Waals surface area contributed by atoms with Crippen LogP contribution in [0.3, 0.4) is 0 Å². The molecular formula is C30H36N4O4. The molecular weight excluding hydrogens is 480 g/mol. The standard InChI is InChI=1S/C30H36N4O4/c1-35-28-4-2-3-24(19-28)21-34(22-25-5-10-29-30(20-25)32-23-31-29)26-6-8-27(9-7-26)38-18-17-37-16-13-33-11-14-36-15-12-33/h2-10,19-20,23H,11-18,21-22H2,1H3,(H,31,32). The fourth-order valence-corrected chi connectivity index (χ4v) is 4.62. The Balaban J connectivity index is 1.19. The quantitative estimate of drug-likeness (QED) is 0.262. The van der Waals surface area contributed by atoms with Crippen molar-refractivity contribution in [2.45, 2.75) is 13.1 Å². The third-order valence-electron chi connectivity index (χ3n) is 6.72. The number of aromatic nitrogens is 2. The highest BCUT2D eigenvalue weighted by molar-refractivity contribution is 5.75. The first-order valence-corrected chi connectivity index (χ1v) is 13.2.